The standard InChI is InChI=1S/C14H23NO2S/c1-12(10-16)11-18-14-5-3-13(4-6-14)9-15-7-8-17-2/h3-6,12,15-16H,7-11H2,1-2H3. The van der Waals surface area contributed by atoms with E-state index in [2.05, 4.69) is 36.5 Å². The molecule has 0 saturated heterocycles. The van der Waals surface area contributed by atoms with Crippen molar-refractivity contribution in [3.63, 3.8) is 0 Å². The number of rotatable bonds is 9. The Morgan fingerprint density at radius 1 is 1.33 bits per heavy atom. The van der Waals surface area contributed by atoms with Crippen LogP contribution in [0.4, 0.5) is 0 Å². The molecule has 1 aromatic rings. The van der Waals surface area contributed by atoms with Crippen LogP contribution >= 0.6 is 11.8 Å². The summed E-state index contributed by atoms with van der Waals surface area (Å²) in [5, 5.41) is 12.3. The molecule has 0 aliphatic rings. The van der Waals surface area contributed by atoms with E-state index in [4.69, 9.17) is 9.84 Å². The number of aliphatic hydroxyl groups is 1. The largest absolute Gasteiger partial charge is 0.396 e. The SMILES string of the molecule is COCCNCc1ccc(SCC(C)CO)cc1. The smallest absolute Gasteiger partial charge is 0.0587 e. The highest BCUT2D eigenvalue weighted by molar-refractivity contribution is 7.99. The van der Waals surface area contributed by atoms with Gasteiger partial charge in [0.2, 0.25) is 0 Å². The van der Waals surface area contributed by atoms with Gasteiger partial charge in [0, 0.05) is 37.5 Å². The number of thioether (sulfide) groups is 1. The van der Waals surface area contributed by atoms with Crippen molar-refractivity contribution in [3.8, 4) is 0 Å². The first kappa shape index (κ1) is 15.5. The lowest BCUT2D eigenvalue weighted by molar-refractivity contribution is 0.199. The molecule has 2 N–H and O–H groups in total. The van der Waals surface area contributed by atoms with Gasteiger partial charge in [-0.3, -0.25) is 0 Å². The first-order valence-electron chi connectivity index (χ1n) is 6.28. The third kappa shape index (κ3) is 6.40. The van der Waals surface area contributed by atoms with Gasteiger partial charge in [0.05, 0.1) is 6.61 Å². The van der Waals surface area contributed by atoms with E-state index in [1.54, 1.807) is 18.9 Å². The number of nitrogens with one attached hydrogen (secondary N) is 1. The van der Waals surface area contributed by atoms with Crippen molar-refractivity contribution < 1.29 is 9.84 Å². The molecule has 0 bridgehead atoms. The third-order valence-electron chi connectivity index (χ3n) is 2.58. The van der Waals surface area contributed by atoms with Crippen LogP contribution < -0.4 is 5.32 Å². The van der Waals surface area contributed by atoms with E-state index >= 15 is 0 Å². The van der Waals surface area contributed by atoms with Gasteiger partial charge in [-0.2, -0.15) is 0 Å². The quantitative estimate of drug-likeness (QED) is 0.532. The summed E-state index contributed by atoms with van der Waals surface area (Å²) >= 11 is 1.79. The number of benzene rings is 1. The summed E-state index contributed by atoms with van der Waals surface area (Å²) < 4.78 is 4.98. The molecule has 0 radical (unpaired) electrons. The Bertz CT molecular complexity index is 316. The van der Waals surface area contributed by atoms with Crippen LogP contribution in [0.3, 0.4) is 0 Å². The Balaban J connectivity index is 2.28. The fraction of sp³-hybridized carbons (Fsp3) is 0.571. The van der Waals surface area contributed by atoms with Gasteiger partial charge in [-0.05, 0) is 23.6 Å². The van der Waals surface area contributed by atoms with E-state index < -0.39 is 0 Å². The molecule has 102 valence electrons. The summed E-state index contributed by atoms with van der Waals surface area (Å²) in [6, 6.07) is 8.57. The Morgan fingerprint density at radius 3 is 2.67 bits per heavy atom. The van der Waals surface area contributed by atoms with Crippen molar-refractivity contribution in [1.29, 1.82) is 0 Å². The minimum absolute atomic E-state index is 0.258. The van der Waals surface area contributed by atoms with Crippen LogP contribution in [0.5, 0.6) is 0 Å². The van der Waals surface area contributed by atoms with Gasteiger partial charge >= 0.3 is 0 Å². The summed E-state index contributed by atoms with van der Waals surface area (Å²) in [7, 11) is 1.71. The van der Waals surface area contributed by atoms with Crippen molar-refractivity contribution in [2.45, 2.75) is 18.4 Å². The molecule has 0 saturated carbocycles. The third-order valence-corrected chi connectivity index (χ3v) is 3.92. The number of hydrogen-bond acceptors (Lipinski definition) is 4. The van der Waals surface area contributed by atoms with Crippen LogP contribution in [0.2, 0.25) is 0 Å². The van der Waals surface area contributed by atoms with Crippen LogP contribution in [-0.2, 0) is 11.3 Å². The second-order valence-electron chi connectivity index (χ2n) is 4.41. The lowest BCUT2D eigenvalue weighted by Gasteiger charge is -2.08. The van der Waals surface area contributed by atoms with Crippen LogP contribution in [0.1, 0.15) is 12.5 Å². The molecule has 1 unspecified atom stereocenters. The van der Waals surface area contributed by atoms with Crippen molar-refractivity contribution in [1.82, 2.24) is 5.32 Å². The molecule has 1 rings (SSSR count). The number of aliphatic hydroxyl groups excluding tert-OH is 1. The Morgan fingerprint density at radius 2 is 2.06 bits per heavy atom. The van der Waals surface area contributed by atoms with E-state index in [-0.39, 0.29) is 6.61 Å². The predicted octanol–water partition coefficient (Wildman–Crippen LogP) is 2.14. The maximum atomic E-state index is 8.97. The van der Waals surface area contributed by atoms with E-state index in [9.17, 15) is 0 Å². The molecule has 0 heterocycles. The highest BCUT2D eigenvalue weighted by Crippen LogP contribution is 2.20. The molecule has 0 fully saturated rings. The van der Waals surface area contributed by atoms with Crippen LogP contribution in [0.15, 0.2) is 29.2 Å². The number of hydrogen-bond donors (Lipinski definition) is 2. The van der Waals surface area contributed by atoms with E-state index in [0.29, 0.717) is 5.92 Å². The lowest BCUT2D eigenvalue weighted by Crippen LogP contribution is -2.18. The zero-order chi connectivity index (χ0) is 13.2. The monoisotopic (exact) mass is 269 g/mol. The molecule has 0 aromatic heterocycles. The molecular weight excluding hydrogens is 246 g/mol. The fourth-order valence-corrected chi connectivity index (χ4v) is 2.31. The van der Waals surface area contributed by atoms with E-state index in [0.717, 1.165) is 25.4 Å². The first-order chi connectivity index (χ1) is 8.76. The Kier molecular flexibility index (Phi) is 8.09. The maximum absolute atomic E-state index is 8.97. The zero-order valence-electron chi connectivity index (χ0n) is 11.2. The number of methoxy groups -OCH3 is 1. The van der Waals surface area contributed by atoms with Crippen LogP contribution in [-0.4, -0.2) is 37.7 Å². The second kappa shape index (κ2) is 9.39. The van der Waals surface area contributed by atoms with Gasteiger partial charge < -0.3 is 15.2 Å². The van der Waals surface area contributed by atoms with Gasteiger partial charge in [0.1, 0.15) is 0 Å². The lowest BCUT2D eigenvalue weighted by atomic mass is 10.2. The van der Waals surface area contributed by atoms with Gasteiger partial charge in [0.15, 0.2) is 0 Å². The van der Waals surface area contributed by atoms with Crippen molar-refractivity contribution >= 4 is 11.8 Å². The number of ether oxygens (including phenoxy) is 1. The molecule has 3 nitrogen and oxygen atoms in total. The van der Waals surface area contributed by atoms with Gasteiger partial charge in [-0.1, -0.05) is 19.1 Å². The fourth-order valence-electron chi connectivity index (χ4n) is 1.40. The van der Waals surface area contributed by atoms with E-state index in [1.807, 2.05) is 0 Å². The summed E-state index contributed by atoms with van der Waals surface area (Å²) in [6.07, 6.45) is 0. The van der Waals surface area contributed by atoms with Crippen LogP contribution in [0, 0.1) is 5.92 Å². The van der Waals surface area contributed by atoms with Gasteiger partial charge in [0.25, 0.3) is 0 Å². The zero-order valence-corrected chi connectivity index (χ0v) is 12.0. The Hall–Kier alpha value is -0.550. The molecule has 0 aliphatic heterocycles. The van der Waals surface area contributed by atoms with Crippen LogP contribution in [0.25, 0.3) is 0 Å². The molecule has 0 aliphatic carbocycles. The normalized spacial score (nSPS) is 12.6. The molecule has 1 aromatic carbocycles. The van der Waals surface area contributed by atoms with Gasteiger partial charge in [-0.15, -0.1) is 11.8 Å². The first-order valence-corrected chi connectivity index (χ1v) is 7.27. The molecule has 4 heteroatoms. The summed E-state index contributed by atoms with van der Waals surface area (Å²) in [5.41, 5.74) is 1.28. The molecule has 0 amide bonds. The molecule has 0 spiro atoms. The van der Waals surface area contributed by atoms with Crippen molar-refractivity contribution in [3.05, 3.63) is 29.8 Å². The average molecular weight is 269 g/mol. The molecule has 1 atom stereocenters. The summed E-state index contributed by atoms with van der Waals surface area (Å²) in [4.78, 5) is 1.26. The Labute approximate surface area is 114 Å². The predicted molar refractivity (Wildman–Crippen MR) is 77.0 cm³/mol. The van der Waals surface area contributed by atoms with Crippen molar-refractivity contribution in [2.24, 2.45) is 5.92 Å². The van der Waals surface area contributed by atoms with Crippen molar-refractivity contribution in [2.75, 3.05) is 32.6 Å². The minimum atomic E-state index is 0.258. The molecule has 18 heavy (non-hydrogen) atoms. The van der Waals surface area contributed by atoms with Gasteiger partial charge in [-0.25, -0.2) is 0 Å². The minimum Gasteiger partial charge on any atom is -0.396 e. The highest BCUT2D eigenvalue weighted by atomic mass is 32.2. The molecular formula is C14H23NO2S. The second-order valence-corrected chi connectivity index (χ2v) is 5.51. The van der Waals surface area contributed by atoms with E-state index in [1.165, 1.54) is 10.5 Å². The highest BCUT2D eigenvalue weighted by Gasteiger charge is 2.01. The summed E-state index contributed by atoms with van der Waals surface area (Å²) in [5.74, 6) is 1.31. The maximum Gasteiger partial charge on any atom is 0.0587 e. The topological polar surface area (TPSA) is 41.5 Å². The average Bonchev–Trinajstić information content (AvgIpc) is 2.42. The summed E-state index contributed by atoms with van der Waals surface area (Å²) in [6.45, 7) is 4.81.